The Bertz CT molecular complexity index is 490. The van der Waals surface area contributed by atoms with Gasteiger partial charge in [0.1, 0.15) is 0 Å². The molecule has 2 aliphatic rings. The zero-order valence-corrected chi connectivity index (χ0v) is 13.7. The molecule has 1 N–H and O–H groups in total. The summed E-state index contributed by atoms with van der Waals surface area (Å²) in [6.07, 6.45) is 10.3. The molecule has 1 heteroatoms. The molecule has 0 spiro atoms. The van der Waals surface area contributed by atoms with Crippen molar-refractivity contribution in [2.75, 3.05) is 0 Å². The van der Waals surface area contributed by atoms with Gasteiger partial charge >= 0.3 is 0 Å². The van der Waals surface area contributed by atoms with Gasteiger partial charge in [0.15, 0.2) is 0 Å². The van der Waals surface area contributed by atoms with Crippen LogP contribution in [0.1, 0.15) is 82.3 Å². The first-order valence-corrected chi connectivity index (χ1v) is 8.78. The maximum absolute atomic E-state index is 11.2. The molecule has 116 valence electrons. The maximum atomic E-state index is 11.2. The van der Waals surface area contributed by atoms with Crippen LogP contribution in [0.4, 0.5) is 0 Å². The molecule has 2 atom stereocenters. The molecule has 0 aliphatic heterocycles. The third-order valence-electron chi connectivity index (χ3n) is 5.88. The monoisotopic (exact) mass is 286 g/mol. The number of fused-ring (bicyclic) bond motifs is 1. The summed E-state index contributed by atoms with van der Waals surface area (Å²) in [6.45, 7) is 4.71. The lowest BCUT2D eigenvalue weighted by Gasteiger charge is -2.34. The molecule has 0 amide bonds. The molecular formula is C20H30O. The van der Waals surface area contributed by atoms with Crippen LogP contribution in [0, 0.1) is 5.41 Å². The molecule has 3 rings (SSSR count). The van der Waals surface area contributed by atoms with Crippen LogP contribution in [0.15, 0.2) is 24.3 Å². The average molecular weight is 286 g/mol. The first kappa shape index (κ1) is 15.1. The van der Waals surface area contributed by atoms with Crippen molar-refractivity contribution in [3.63, 3.8) is 0 Å². The largest absolute Gasteiger partial charge is 0.390 e. The molecular weight excluding hydrogens is 256 g/mol. The molecule has 1 aromatic rings. The number of aryl methyl sites for hydroxylation is 1. The molecule has 1 saturated carbocycles. The Morgan fingerprint density at radius 2 is 1.86 bits per heavy atom. The fourth-order valence-corrected chi connectivity index (χ4v) is 4.45. The number of benzene rings is 1. The summed E-state index contributed by atoms with van der Waals surface area (Å²) in [7, 11) is 0. The van der Waals surface area contributed by atoms with E-state index < -0.39 is 5.60 Å². The van der Waals surface area contributed by atoms with Crippen molar-refractivity contribution >= 4 is 0 Å². The number of rotatable bonds is 2. The van der Waals surface area contributed by atoms with Crippen LogP contribution < -0.4 is 0 Å². The lowest BCUT2D eigenvalue weighted by Crippen LogP contribution is -2.31. The van der Waals surface area contributed by atoms with Crippen LogP contribution in [0.5, 0.6) is 0 Å². The number of hydrogen-bond acceptors (Lipinski definition) is 1. The van der Waals surface area contributed by atoms with Gasteiger partial charge in [-0.2, -0.15) is 0 Å². The van der Waals surface area contributed by atoms with Gasteiger partial charge in [-0.15, -0.1) is 0 Å². The highest BCUT2D eigenvalue weighted by atomic mass is 16.3. The lowest BCUT2D eigenvalue weighted by molar-refractivity contribution is 0.00582. The Balaban J connectivity index is 1.74. The summed E-state index contributed by atoms with van der Waals surface area (Å²) in [6, 6.07) is 8.90. The zero-order chi connectivity index (χ0) is 14.9. The molecule has 0 bridgehead atoms. The van der Waals surface area contributed by atoms with Gasteiger partial charge in [-0.1, -0.05) is 44.5 Å². The predicted octanol–water partition coefficient (Wildman–Crippen LogP) is 5.22. The van der Waals surface area contributed by atoms with Gasteiger partial charge in [0.05, 0.1) is 5.60 Å². The summed E-state index contributed by atoms with van der Waals surface area (Å²) in [4.78, 5) is 0. The highest BCUT2D eigenvalue weighted by Gasteiger charge is 2.36. The molecule has 0 saturated heterocycles. The summed E-state index contributed by atoms with van der Waals surface area (Å²) >= 11 is 0. The second-order valence-corrected chi connectivity index (χ2v) is 8.23. The summed E-state index contributed by atoms with van der Waals surface area (Å²) in [5, 5.41) is 11.2. The van der Waals surface area contributed by atoms with Crippen molar-refractivity contribution in [3.05, 3.63) is 35.4 Å². The van der Waals surface area contributed by atoms with E-state index in [0.29, 0.717) is 11.3 Å². The molecule has 0 aromatic heterocycles. The van der Waals surface area contributed by atoms with Gasteiger partial charge in [-0.3, -0.25) is 0 Å². The Hall–Kier alpha value is -0.820. The Labute approximate surface area is 129 Å². The molecule has 0 radical (unpaired) electrons. The van der Waals surface area contributed by atoms with Crippen LogP contribution in [0.2, 0.25) is 0 Å². The third kappa shape index (κ3) is 3.51. The van der Waals surface area contributed by atoms with E-state index in [0.717, 1.165) is 25.7 Å². The second kappa shape index (κ2) is 5.76. The predicted molar refractivity (Wildman–Crippen MR) is 88.6 cm³/mol. The quantitative estimate of drug-likeness (QED) is 0.739. The second-order valence-electron chi connectivity index (χ2n) is 8.23. The normalized spacial score (nSPS) is 32.2. The molecule has 2 aliphatic carbocycles. The number of hydrogen-bond donors (Lipinski definition) is 1. The molecule has 1 fully saturated rings. The smallest absolute Gasteiger partial charge is 0.0653 e. The molecule has 2 unspecified atom stereocenters. The summed E-state index contributed by atoms with van der Waals surface area (Å²) < 4.78 is 0. The van der Waals surface area contributed by atoms with Crippen LogP contribution in [0.25, 0.3) is 0 Å². The summed E-state index contributed by atoms with van der Waals surface area (Å²) in [5.74, 6) is 0.571. The minimum absolute atomic E-state index is 0.412. The Morgan fingerprint density at radius 3 is 2.71 bits per heavy atom. The van der Waals surface area contributed by atoms with Crippen molar-refractivity contribution < 1.29 is 5.11 Å². The van der Waals surface area contributed by atoms with Crippen LogP contribution in [0.3, 0.4) is 0 Å². The van der Waals surface area contributed by atoms with Crippen LogP contribution in [-0.2, 0) is 6.42 Å². The number of aliphatic hydroxyl groups is 1. The van der Waals surface area contributed by atoms with Crippen molar-refractivity contribution in [2.24, 2.45) is 5.41 Å². The fraction of sp³-hybridized carbons (Fsp3) is 0.700. The zero-order valence-electron chi connectivity index (χ0n) is 13.7. The average Bonchev–Trinajstić information content (AvgIpc) is 2.58. The van der Waals surface area contributed by atoms with E-state index in [1.165, 1.54) is 43.2 Å². The maximum Gasteiger partial charge on any atom is 0.0653 e. The van der Waals surface area contributed by atoms with Crippen LogP contribution in [-0.4, -0.2) is 10.7 Å². The minimum Gasteiger partial charge on any atom is -0.390 e. The van der Waals surface area contributed by atoms with E-state index in [1.54, 1.807) is 0 Å². The fourth-order valence-electron chi connectivity index (χ4n) is 4.45. The van der Waals surface area contributed by atoms with Gasteiger partial charge in [0.25, 0.3) is 0 Å². The highest BCUT2D eigenvalue weighted by molar-refractivity contribution is 5.32. The minimum atomic E-state index is -0.428. The van der Waals surface area contributed by atoms with E-state index in [4.69, 9.17) is 0 Å². The Morgan fingerprint density at radius 1 is 1.05 bits per heavy atom. The summed E-state index contributed by atoms with van der Waals surface area (Å²) in [5.41, 5.74) is 3.02. The van der Waals surface area contributed by atoms with Gasteiger partial charge in [0.2, 0.25) is 0 Å². The molecule has 0 heterocycles. The van der Waals surface area contributed by atoms with E-state index >= 15 is 0 Å². The highest BCUT2D eigenvalue weighted by Crippen LogP contribution is 2.44. The van der Waals surface area contributed by atoms with Crippen molar-refractivity contribution in [1.29, 1.82) is 0 Å². The molecule has 21 heavy (non-hydrogen) atoms. The third-order valence-corrected chi connectivity index (χ3v) is 5.88. The first-order chi connectivity index (χ1) is 9.98. The van der Waals surface area contributed by atoms with E-state index in [1.807, 2.05) is 0 Å². The topological polar surface area (TPSA) is 20.2 Å². The van der Waals surface area contributed by atoms with Crippen molar-refractivity contribution in [1.82, 2.24) is 0 Å². The van der Waals surface area contributed by atoms with E-state index in [2.05, 4.69) is 38.1 Å². The first-order valence-electron chi connectivity index (χ1n) is 8.78. The van der Waals surface area contributed by atoms with Crippen LogP contribution >= 0.6 is 0 Å². The van der Waals surface area contributed by atoms with Gasteiger partial charge in [-0.05, 0) is 73.8 Å². The van der Waals surface area contributed by atoms with Gasteiger partial charge < -0.3 is 5.11 Å². The standard InChI is InChI=1S/C20H30O/c1-19(2)11-6-12-20(21,14-13-19)15-17-9-5-8-16-7-3-4-10-18(16)17/h3-4,7,10,17,21H,5-6,8-9,11-15H2,1-2H3. The molecule has 1 nitrogen and oxygen atoms in total. The van der Waals surface area contributed by atoms with Gasteiger partial charge in [0, 0.05) is 0 Å². The van der Waals surface area contributed by atoms with Gasteiger partial charge in [-0.25, -0.2) is 0 Å². The lowest BCUT2D eigenvalue weighted by atomic mass is 9.74. The van der Waals surface area contributed by atoms with Crippen molar-refractivity contribution in [3.8, 4) is 0 Å². The SMILES string of the molecule is CC1(C)CCCC(O)(CC2CCCc3ccccc32)CC1. The van der Waals surface area contributed by atoms with E-state index in [9.17, 15) is 5.11 Å². The van der Waals surface area contributed by atoms with E-state index in [-0.39, 0.29) is 0 Å². The molecule has 1 aromatic carbocycles. The van der Waals surface area contributed by atoms with Crippen molar-refractivity contribution in [2.45, 2.75) is 83.2 Å². The Kier molecular flexibility index (Phi) is 4.14.